The highest BCUT2D eigenvalue weighted by atomic mass is 14.9. The number of nitrogens with one attached hydrogen (secondary N) is 1. The van der Waals surface area contributed by atoms with Gasteiger partial charge in [-0.1, -0.05) is 27.7 Å². The number of hydrogen-bond donors (Lipinski definition) is 1. The lowest BCUT2D eigenvalue weighted by molar-refractivity contribution is 0.295. The van der Waals surface area contributed by atoms with E-state index in [0.29, 0.717) is 0 Å². The third kappa shape index (κ3) is 10.2. The highest BCUT2D eigenvalue weighted by Crippen LogP contribution is 2.20. The summed E-state index contributed by atoms with van der Waals surface area (Å²) in [6, 6.07) is 0. The first-order valence-corrected chi connectivity index (χ1v) is 6.45. The van der Waals surface area contributed by atoms with Crippen molar-refractivity contribution in [1.29, 1.82) is 0 Å². The zero-order valence-electron chi connectivity index (χ0n) is 11.9. The summed E-state index contributed by atoms with van der Waals surface area (Å²) in [6.07, 6.45) is 2.70. The predicted octanol–water partition coefficient (Wildman–Crippen LogP) is 4.08. The molecule has 0 bridgehead atoms. The highest BCUT2D eigenvalue weighted by molar-refractivity contribution is 4.74. The van der Waals surface area contributed by atoms with Gasteiger partial charge < -0.3 is 5.32 Å². The van der Waals surface area contributed by atoms with Crippen molar-refractivity contribution in [3.8, 4) is 0 Å². The first-order valence-electron chi connectivity index (χ1n) is 6.45. The lowest BCUT2D eigenvalue weighted by Crippen LogP contribution is -2.39. The van der Waals surface area contributed by atoms with E-state index in [1.54, 1.807) is 0 Å². The average molecular weight is 213 g/mol. The molecule has 1 heteroatoms. The summed E-state index contributed by atoms with van der Waals surface area (Å²) < 4.78 is 0. The molecule has 0 rings (SSSR count). The topological polar surface area (TPSA) is 12.0 Å². The van der Waals surface area contributed by atoms with Crippen molar-refractivity contribution in [3.05, 3.63) is 0 Å². The minimum absolute atomic E-state index is 0.256. The summed E-state index contributed by atoms with van der Waals surface area (Å²) in [6.45, 7) is 17.2. The van der Waals surface area contributed by atoms with Gasteiger partial charge in [0.1, 0.15) is 0 Å². The summed E-state index contributed by atoms with van der Waals surface area (Å²) in [5.74, 6) is 2.47. The van der Waals surface area contributed by atoms with Crippen molar-refractivity contribution in [1.82, 2.24) is 5.32 Å². The molecule has 0 fully saturated rings. The van der Waals surface area contributed by atoms with Crippen LogP contribution >= 0.6 is 0 Å². The van der Waals surface area contributed by atoms with E-state index < -0.39 is 0 Å². The van der Waals surface area contributed by atoms with E-state index in [1.165, 1.54) is 19.4 Å². The zero-order valence-corrected chi connectivity index (χ0v) is 11.9. The number of rotatable bonds is 6. The molecule has 0 aliphatic rings. The van der Waals surface area contributed by atoms with Gasteiger partial charge in [0.05, 0.1) is 0 Å². The standard InChI is InChI=1S/C14H31N/c1-11(2)8-13(9-12(3)4)10-15-14(5,6)7/h11-13,15H,8-10H2,1-7H3. The Balaban J connectivity index is 4.01. The quantitative estimate of drug-likeness (QED) is 0.701. The second kappa shape index (κ2) is 6.52. The summed E-state index contributed by atoms with van der Waals surface area (Å²) in [5, 5.41) is 3.63. The molecule has 0 aliphatic carbocycles. The summed E-state index contributed by atoms with van der Waals surface area (Å²) in [4.78, 5) is 0. The van der Waals surface area contributed by atoms with E-state index in [-0.39, 0.29) is 5.54 Å². The highest BCUT2D eigenvalue weighted by Gasteiger charge is 2.16. The van der Waals surface area contributed by atoms with E-state index in [0.717, 1.165) is 17.8 Å². The van der Waals surface area contributed by atoms with Crippen LogP contribution in [0.15, 0.2) is 0 Å². The van der Waals surface area contributed by atoms with E-state index in [4.69, 9.17) is 0 Å². The van der Waals surface area contributed by atoms with Crippen LogP contribution < -0.4 is 5.32 Å². The van der Waals surface area contributed by atoms with Crippen LogP contribution in [0, 0.1) is 17.8 Å². The van der Waals surface area contributed by atoms with E-state index in [1.807, 2.05) is 0 Å². The molecule has 0 aromatic rings. The Labute approximate surface area is 97.0 Å². The van der Waals surface area contributed by atoms with Gasteiger partial charge in [-0.25, -0.2) is 0 Å². The SMILES string of the molecule is CC(C)CC(CNC(C)(C)C)CC(C)C. The molecule has 0 aromatic heterocycles. The first-order chi connectivity index (χ1) is 6.70. The lowest BCUT2D eigenvalue weighted by atomic mass is 9.89. The molecule has 0 heterocycles. The largest absolute Gasteiger partial charge is 0.312 e. The molecule has 0 aliphatic heterocycles. The Morgan fingerprint density at radius 2 is 1.27 bits per heavy atom. The van der Waals surface area contributed by atoms with E-state index >= 15 is 0 Å². The minimum Gasteiger partial charge on any atom is -0.312 e. The van der Waals surface area contributed by atoms with Gasteiger partial charge in [0.2, 0.25) is 0 Å². The van der Waals surface area contributed by atoms with E-state index in [9.17, 15) is 0 Å². The van der Waals surface area contributed by atoms with Crippen LogP contribution in [0.3, 0.4) is 0 Å². The first kappa shape index (κ1) is 15.0. The molecule has 0 saturated carbocycles. The van der Waals surface area contributed by atoms with Gasteiger partial charge in [-0.2, -0.15) is 0 Å². The second-order valence-corrected chi connectivity index (χ2v) is 6.76. The van der Waals surface area contributed by atoms with Crippen LogP contribution in [-0.4, -0.2) is 12.1 Å². The fraction of sp³-hybridized carbons (Fsp3) is 1.00. The summed E-state index contributed by atoms with van der Waals surface area (Å²) in [5.41, 5.74) is 0.256. The molecular formula is C14H31N. The van der Waals surface area contributed by atoms with Gasteiger partial charge >= 0.3 is 0 Å². The molecule has 0 aromatic carbocycles. The normalized spacial score (nSPS) is 13.2. The summed E-state index contributed by atoms with van der Waals surface area (Å²) in [7, 11) is 0. The molecule has 0 amide bonds. The predicted molar refractivity (Wildman–Crippen MR) is 70.2 cm³/mol. The van der Waals surface area contributed by atoms with Gasteiger partial charge in [-0.3, -0.25) is 0 Å². The Bertz CT molecular complexity index is 143. The van der Waals surface area contributed by atoms with Gasteiger partial charge in [0.25, 0.3) is 0 Å². The van der Waals surface area contributed by atoms with Crippen molar-refractivity contribution in [3.63, 3.8) is 0 Å². The molecule has 15 heavy (non-hydrogen) atoms. The average Bonchev–Trinajstić information content (AvgIpc) is 1.96. The Hall–Kier alpha value is -0.0400. The monoisotopic (exact) mass is 213 g/mol. The van der Waals surface area contributed by atoms with Crippen molar-refractivity contribution in [2.24, 2.45) is 17.8 Å². The maximum atomic E-state index is 3.63. The van der Waals surface area contributed by atoms with Gasteiger partial charge in [-0.05, 0) is 57.9 Å². The van der Waals surface area contributed by atoms with Gasteiger partial charge in [0, 0.05) is 5.54 Å². The van der Waals surface area contributed by atoms with Crippen LogP contribution in [0.25, 0.3) is 0 Å². The Morgan fingerprint density at radius 1 is 0.867 bits per heavy atom. The van der Waals surface area contributed by atoms with Gasteiger partial charge in [0.15, 0.2) is 0 Å². The molecule has 0 spiro atoms. The fourth-order valence-electron chi connectivity index (χ4n) is 2.05. The van der Waals surface area contributed by atoms with Crippen LogP contribution in [0.1, 0.15) is 61.3 Å². The van der Waals surface area contributed by atoms with Gasteiger partial charge in [-0.15, -0.1) is 0 Å². The zero-order chi connectivity index (χ0) is 12.1. The maximum absolute atomic E-state index is 3.63. The third-order valence-electron chi connectivity index (χ3n) is 2.53. The van der Waals surface area contributed by atoms with Crippen LogP contribution in [-0.2, 0) is 0 Å². The molecule has 1 nitrogen and oxygen atoms in total. The summed E-state index contributed by atoms with van der Waals surface area (Å²) >= 11 is 0. The fourth-order valence-corrected chi connectivity index (χ4v) is 2.05. The Kier molecular flexibility index (Phi) is 6.51. The third-order valence-corrected chi connectivity index (χ3v) is 2.53. The molecule has 0 saturated heterocycles. The molecule has 0 unspecified atom stereocenters. The molecular weight excluding hydrogens is 182 g/mol. The van der Waals surface area contributed by atoms with Crippen molar-refractivity contribution < 1.29 is 0 Å². The number of hydrogen-bond acceptors (Lipinski definition) is 1. The van der Waals surface area contributed by atoms with Crippen molar-refractivity contribution in [2.75, 3.05) is 6.54 Å². The van der Waals surface area contributed by atoms with Crippen LogP contribution in [0.5, 0.6) is 0 Å². The lowest BCUT2D eigenvalue weighted by Gasteiger charge is -2.27. The molecule has 1 N–H and O–H groups in total. The molecule has 0 radical (unpaired) electrons. The second-order valence-electron chi connectivity index (χ2n) is 6.76. The maximum Gasteiger partial charge on any atom is 0.00966 e. The Morgan fingerprint density at radius 3 is 1.53 bits per heavy atom. The molecule has 92 valence electrons. The van der Waals surface area contributed by atoms with Crippen LogP contribution in [0.4, 0.5) is 0 Å². The van der Waals surface area contributed by atoms with Crippen molar-refractivity contribution in [2.45, 2.75) is 66.8 Å². The van der Waals surface area contributed by atoms with E-state index in [2.05, 4.69) is 53.8 Å². The molecule has 0 atom stereocenters. The van der Waals surface area contributed by atoms with Crippen molar-refractivity contribution >= 4 is 0 Å². The minimum atomic E-state index is 0.256. The van der Waals surface area contributed by atoms with Crippen LogP contribution in [0.2, 0.25) is 0 Å². The smallest absolute Gasteiger partial charge is 0.00966 e.